The van der Waals surface area contributed by atoms with Gasteiger partial charge in [-0.25, -0.2) is 18.3 Å². The van der Waals surface area contributed by atoms with Crippen molar-refractivity contribution in [3.8, 4) is 11.3 Å². The number of nitrogens with zero attached hydrogens (tertiary/aromatic N) is 3. The van der Waals surface area contributed by atoms with Gasteiger partial charge in [0.05, 0.1) is 11.9 Å². The van der Waals surface area contributed by atoms with Crippen LogP contribution >= 0.6 is 11.3 Å². The fourth-order valence-corrected chi connectivity index (χ4v) is 2.36. The molecule has 2 heterocycles. The monoisotopic (exact) mass is 251 g/mol. The Morgan fingerprint density at radius 3 is 2.53 bits per heavy atom. The Bertz CT molecular complexity index is 650. The van der Waals surface area contributed by atoms with Crippen LogP contribution in [0.25, 0.3) is 16.2 Å². The molecule has 0 amide bonds. The SMILES string of the molecule is Cc1nn2cc(-c3cc(F)cc(F)c3)nc2s1. The summed E-state index contributed by atoms with van der Waals surface area (Å²) in [6.07, 6.45) is 1.66. The third-order valence-corrected chi connectivity index (χ3v) is 3.14. The summed E-state index contributed by atoms with van der Waals surface area (Å²) in [4.78, 5) is 4.98. The standard InChI is InChI=1S/C11H7F2N3S/c1-6-15-16-5-10(14-11(16)17-6)7-2-8(12)4-9(13)3-7/h2-5H,1H3. The van der Waals surface area contributed by atoms with Gasteiger partial charge in [0.15, 0.2) is 0 Å². The number of fused-ring (bicyclic) bond motifs is 1. The van der Waals surface area contributed by atoms with Crippen molar-refractivity contribution < 1.29 is 8.78 Å². The average molecular weight is 251 g/mol. The van der Waals surface area contributed by atoms with Gasteiger partial charge in [-0.15, -0.1) is 0 Å². The molecule has 0 bridgehead atoms. The molecule has 2 aromatic heterocycles. The number of hydrogen-bond donors (Lipinski definition) is 0. The first kappa shape index (κ1) is 10.3. The molecule has 3 rings (SSSR count). The normalized spacial score (nSPS) is 11.2. The summed E-state index contributed by atoms with van der Waals surface area (Å²) in [5, 5.41) is 5.08. The van der Waals surface area contributed by atoms with Crippen LogP contribution in [0.1, 0.15) is 5.01 Å². The van der Waals surface area contributed by atoms with Crippen LogP contribution in [0.3, 0.4) is 0 Å². The molecule has 3 aromatic rings. The molecule has 0 aliphatic heterocycles. The topological polar surface area (TPSA) is 30.2 Å². The Balaban J connectivity index is 2.16. The molecule has 0 saturated carbocycles. The first-order chi connectivity index (χ1) is 8.11. The summed E-state index contributed by atoms with van der Waals surface area (Å²) in [6.45, 7) is 1.88. The van der Waals surface area contributed by atoms with Gasteiger partial charge in [0.25, 0.3) is 0 Å². The molecule has 0 unspecified atom stereocenters. The van der Waals surface area contributed by atoms with Crippen molar-refractivity contribution in [2.45, 2.75) is 6.92 Å². The lowest BCUT2D eigenvalue weighted by Crippen LogP contribution is -1.84. The number of aromatic nitrogens is 3. The van der Waals surface area contributed by atoms with Crippen molar-refractivity contribution in [2.75, 3.05) is 0 Å². The largest absolute Gasteiger partial charge is 0.217 e. The zero-order chi connectivity index (χ0) is 12.0. The fourth-order valence-electron chi connectivity index (χ4n) is 1.64. The predicted molar refractivity (Wildman–Crippen MR) is 61.0 cm³/mol. The van der Waals surface area contributed by atoms with Crippen molar-refractivity contribution in [2.24, 2.45) is 0 Å². The van der Waals surface area contributed by atoms with Crippen molar-refractivity contribution >= 4 is 16.3 Å². The van der Waals surface area contributed by atoms with Crippen molar-refractivity contribution in [1.82, 2.24) is 14.6 Å². The highest BCUT2D eigenvalue weighted by molar-refractivity contribution is 7.16. The van der Waals surface area contributed by atoms with E-state index >= 15 is 0 Å². The van der Waals surface area contributed by atoms with Crippen LogP contribution in [0, 0.1) is 18.6 Å². The second kappa shape index (κ2) is 3.59. The van der Waals surface area contributed by atoms with Gasteiger partial charge >= 0.3 is 0 Å². The van der Waals surface area contributed by atoms with E-state index in [9.17, 15) is 8.78 Å². The number of imidazole rings is 1. The fraction of sp³-hybridized carbons (Fsp3) is 0.0909. The van der Waals surface area contributed by atoms with E-state index in [1.807, 2.05) is 6.92 Å². The average Bonchev–Trinajstić information content (AvgIpc) is 2.72. The highest BCUT2D eigenvalue weighted by Crippen LogP contribution is 2.23. The molecule has 6 heteroatoms. The second-order valence-corrected chi connectivity index (χ2v) is 4.79. The number of rotatable bonds is 1. The zero-order valence-electron chi connectivity index (χ0n) is 8.82. The van der Waals surface area contributed by atoms with Crippen LogP contribution in [-0.4, -0.2) is 14.6 Å². The first-order valence-electron chi connectivity index (χ1n) is 4.91. The highest BCUT2D eigenvalue weighted by atomic mass is 32.1. The van der Waals surface area contributed by atoms with E-state index in [2.05, 4.69) is 10.1 Å². The van der Waals surface area contributed by atoms with Gasteiger partial charge in [0.1, 0.15) is 16.6 Å². The molecular formula is C11H7F2N3S. The number of halogens is 2. The van der Waals surface area contributed by atoms with Gasteiger partial charge in [-0.2, -0.15) is 5.10 Å². The van der Waals surface area contributed by atoms with Crippen LogP contribution in [0.15, 0.2) is 24.4 Å². The molecule has 0 N–H and O–H groups in total. The minimum atomic E-state index is -0.611. The molecule has 3 nitrogen and oxygen atoms in total. The maximum absolute atomic E-state index is 13.1. The Kier molecular flexibility index (Phi) is 2.19. The summed E-state index contributed by atoms with van der Waals surface area (Å²) < 4.78 is 27.8. The van der Waals surface area contributed by atoms with E-state index in [0.29, 0.717) is 16.2 Å². The van der Waals surface area contributed by atoms with E-state index in [1.54, 1.807) is 10.7 Å². The maximum atomic E-state index is 13.1. The minimum Gasteiger partial charge on any atom is -0.217 e. The van der Waals surface area contributed by atoms with E-state index in [0.717, 1.165) is 11.1 Å². The Hall–Kier alpha value is -1.82. The summed E-state index contributed by atoms with van der Waals surface area (Å²) in [5.74, 6) is -1.22. The summed E-state index contributed by atoms with van der Waals surface area (Å²) >= 11 is 1.43. The van der Waals surface area contributed by atoms with Gasteiger partial charge in [-0.1, -0.05) is 11.3 Å². The van der Waals surface area contributed by atoms with E-state index in [1.165, 1.54) is 23.5 Å². The zero-order valence-corrected chi connectivity index (χ0v) is 9.63. The molecule has 0 aliphatic rings. The highest BCUT2D eigenvalue weighted by Gasteiger charge is 2.09. The third-order valence-electron chi connectivity index (χ3n) is 2.30. The van der Waals surface area contributed by atoms with Crippen molar-refractivity contribution in [3.63, 3.8) is 0 Å². The molecule has 0 saturated heterocycles. The van der Waals surface area contributed by atoms with Gasteiger partial charge < -0.3 is 0 Å². The number of benzene rings is 1. The lowest BCUT2D eigenvalue weighted by Gasteiger charge is -1.97. The summed E-state index contributed by atoms with van der Waals surface area (Å²) in [6, 6.07) is 3.34. The molecule has 0 atom stereocenters. The number of hydrogen-bond acceptors (Lipinski definition) is 3. The molecule has 86 valence electrons. The van der Waals surface area contributed by atoms with Crippen LogP contribution in [0.2, 0.25) is 0 Å². The third kappa shape index (κ3) is 1.80. The molecule has 0 spiro atoms. The van der Waals surface area contributed by atoms with E-state index in [4.69, 9.17) is 0 Å². The van der Waals surface area contributed by atoms with Crippen molar-refractivity contribution in [3.05, 3.63) is 41.0 Å². The second-order valence-electron chi connectivity index (χ2n) is 3.63. The van der Waals surface area contributed by atoms with Crippen LogP contribution < -0.4 is 0 Å². The van der Waals surface area contributed by atoms with E-state index < -0.39 is 11.6 Å². The van der Waals surface area contributed by atoms with E-state index in [-0.39, 0.29) is 0 Å². The minimum absolute atomic E-state index is 0.415. The smallest absolute Gasteiger partial charge is 0.212 e. The van der Waals surface area contributed by atoms with Crippen LogP contribution in [-0.2, 0) is 0 Å². The Morgan fingerprint density at radius 1 is 1.18 bits per heavy atom. The molecular weight excluding hydrogens is 244 g/mol. The van der Waals surface area contributed by atoms with Gasteiger partial charge in [-0.3, -0.25) is 0 Å². The maximum Gasteiger partial charge on any atom is 0.212 e. The predicted octanol–water partition coefficient (Wildman–Crippen LogP) is 3.04. The van der Waals surface area contributed by atoms with Crippen LogP contribution in [0.5, 0.6) is 0 Å². The molecule has 1 aromatic carbocycles. The lowest BCUT2D eigenvalue weighted by molar-refractivity contribution is 0.584. The molecule has 0 fully saturated rings. The first-order valence-corrected chi connectivity index (χ1v) is 5.73. The molecule has 0 aliphatic carbocycles. The van der Waals surface area contributed by atoms with Gasteiger partial charge in [0.2, 0.25) is 4.96 Å². The molecule has 17 heavy (non-hydrogen) atoms. The molecule has 0 radical (unpaired) electrons. The Labute approximate surface area is 99.4 Å². The van der Waals surface area contributed by atoms with Gasteiger partial charge in [0, 0.05) is 11.6 Å². The Morgan fingerprint density at radius 2 is 1.88 bits per heavy atom. The summed E-state index contributed by atoms with van der Waals surface area (Å²) in [7, 11) is 0. The van der Waals surface area contributed by atoms with Crippen LogP contribution in [0.4, 0.5) is 8.78 Å². The van der Waals surface area contributed by atoms with Gasteiger partial charge in [-0.05, 0) is 19.1 Å². The van der Waals surface area contributed by atoms with Crippen molar-refractivity contribution in [1.29, 1.82) is 0 Å². The summed E-state index contributed by atoms with van der Waals surface area (Å²) in [5.41, 5.74) is 0.931. The quantitative estimate of drug-likeness (QED) is 0.665. The number of aryl methyl sites for hydroxylation is 1. The lowest BCUT2D eigenvalue weighted by atomic mass is 10.1.